The van der Waals surface area contributed by atoms with Crippen LogP contribution >= 0.6 is 11.6 Å². The van der Waals surface area contributed by atoms with Crippen molar-refractivity contribution in [3.05, 3.63) is 102 Å². The van der Waals surface area contributed by atoms with Gasteiger partial charge in [0.1, 0.15) is 30.2 Å². The van der Waals surface area contributed by atoms with Crippen LogP contribution in [-0.2, 0) is 11.4 Å². The maximum atomic E-state index is 13.5. The van der Waals surface area contributed by atoms with Crippen molar-refractivity contribution in [2.45, 2.75) is 12.5 Å². The number of nitrogens with zero attached hydrogens (tertiary/aromatic N) is 3. The lowest BCUT2D eigenvalue weighted by atomic mass is 9.97. The molecule has 200 valence electrons. The number of carbonyl (C=O) groups is 1. The molecular weight excluding hydrogens is 510 g/mol. The summed E-state index contributed by atoms with van der Waals surface area (Å²) in [4.78, 5) is 21.9. The van der Waals surface area contributed by atoms with Crippen molar-refractivity contribution in [3.63, 3.8) is 0 Å². The summed E-state index contributed by atoms with van der Waals surface area (Å²) in [6.45, 7) is 2.39. The van der Waals surface area contributed by atoms with E-state index in [-0.39, 0.29) is 11.8 Å². The van der Waals surface area contributed by atoms with Crippen molar-refractivity contribution in [1.29, 1.82) is 0 Å². The first kappa shape index (κ1) is 26.7. The SMILES string of the molecule is CN(C)CCOc1ccc(/C=C/C(=O)N2CC(CCl)c3c2cc(OCc2ccccc2)c2ncccc32)cc1. The number of hydrogen-bond acceptors (Lipinski definition) is 5. The molecule has 7 heteroatoms. The number of amides is 1. The second kappa shape index (κ2) is 12.3. The summed E-state index contributed by atoms with van der Waals surface area (Å²) in [5.41, 5.74) is 4.63. The molecule has 0 N–H and O–H groups in total. The molecule has 0 saturated heterocycles. The van der Waals surface area contributed by atoms with Crippen LogP contribution < -0.4 is 14.4 Å². The Morgan fingerprint density at radius 3 is 2.62 bits per heavy atom. The topological polar surface area (TPSA) is 54.9 Å². The van der Waals surface area contributed by atoms with Crippen LogP contribution in [0.4, 0.5) is 5.69 Å². The van der Waals surface area contributed by atoms with Crippen molar-refractivity contribution in [1.82, 2.24) is 9.88 Å². The van der Waals surface area contributed by atoms with Gasteiger partial charge in [-0.1, -0.05) is 48.5 Å². The zero-order valence-electron chi connectivity index (χ0n) is 22.2. The Balaban J connectivity index is 1.38. The van der Waals surface area contributed by atoms with Crippen molar-refractivity contribution in [3.8, 4) is 11.5 Å². The average molecular weight is 542 g/mol. The first-order valence-electron chi connectivity index (χ1n) is 13.0. The van der Waals surface area contributed by atoms with Gasteiger partial charge in [-0.2, -0.15) is 0 Å². The maximum Gasteiger partial charge on any atom is 0.251 e. The molecule has 1 aliphatic heterocycles. The molecule has 0 spiro atoms. The van der Waals surface area contributed by atoms with E-state index in [4.69, 9.17) is 21.1 Å². The number of rotatable bonds is 10. The lowest BCUT2D eigenvalue weighted by Crippen LogP contribution is -2.28. The molecule has 0 bridgehead atoms. The van der Waals surface area contributed by atoms with Crippen LogP contribution in [0.3, 0.4) is 0 Å². The van der Waals surface area contributed by atoms with Gasteiger partial charge >= 0.3 is 0 Å². The zero-order valence-corrected chi connectivity index (χ0v) is 23.0. The third-order valence-electron chi connectivity index (χ3n) is 6.77. The van der Waals surface area contributed by atoms with Crippen LogP contribution in [0, 0.1) is 0 Å². The van der Waals surface area contributed by atoms with Gasteiger partial charge in [-0.25, -0.2) is 0 Å². The first-order chi connectivity index (χ1) is 19.0. The highest BCUT2D eigenvalue weighted by Gasteiger charge is 2.34. The summed E-state index contributed by atoms with van der Waals surface area (Å²) in [6.07, 6.45) is 5.20. The van der Waals surface area contributed by atoms with Gasteiger partial charge in [0.2, 0.25) is 0 Å². The molecule has 0 saturated carbocycles. The van der Waals surface area contributed by atoms with E-state index in [0.717, 1.165) is 45.6 Å². The smallest absolute Gasteiger partial charge is 0.251 e. The molecule has 1 unspecified atom stereocenters. The molecular formula is C32H32ClN3O3. The van der Waals surface area contributed by atoms with Gasteiger partial charge in [0.05, 0.1) is 5.69 Å². The van der Waals surface area contributed by atoms with Crippen LogP contribution in [-0.4, -0.2) is 55.5 Å². The standard InChI is InChI=1S/C32H32ClN3O3/c1-35(2)17-18-38-26-13-10-23(11-14-26)12-15-30(37)36-21-25(20-33)31-27-9-6-16-34-32(27)29(19-28(31)36)39-22-24-7-4-3-5-8-24/h3-16,19,25H,17-18,20-22H2,1-2H3/b15-12+. The molecule has 5 rings (SSSR count). The third-order valence-corrected chi connectivity index (χ3v) is 7.14. The lowest BCUT2D eigenvalue weighted by Gasteiger charge is -2.18. The highest BCUT2D eigenvalue weighted by molar-refractivity contribution is 6.19. The predicted molar refractivity (Wildman–Crippen MR) is 158 cm³/mol. The minimum Gasteiger partial charge on any atom is -0.492 e. The molecule has 0 aliphatic carbocycles. The van der Waals surface area contributed by atoms with Gasteiger partial charge in [-0.05, 0) is 55.1 Å². The summed E-state index contributed by atoms with van der Waals surface area (Å²) in [5, 5.41) is 0.966. The minimum absolute atomic E-state index is 0.00693. The minimum atomic E-state index is -0.104. The molecule has 39 heavy (non-hydrogen) atoms. The number of aromatic nitrogens is 1. The van der Waals surface area contributed by atoms with Gasteiger partial charge in [0.25, 0.3) is 5.91 Å². The number of ether oxygens (including phenoxy) is 2. The van der Waals surface area contributed by atoms with Crippen molar-refractivity contribution in [2.75, 3.05) is 44.6 Å². The summed E-state index contributed by atoms with van der Waals surface area (Å²) < 4.78 is 12.0. The number of likely N-dealkylation sites (N-methyl/N-ethyl adjacent to an activating group) is 1. The second-order valence-electron chi connectivity index (χ2n) is 9.84. The summed E-state index contributed by atoms with van der Waals surface area (Å²) in [7, 11) is 4.03. The predicted octanol–water partition coefficient (Wildman–Crippen LogP) is 6.14. The van der Waals surface area contributed by atoms with E-state index >= 15 is 0 Å². The Bertz CT molecular complexity index is 1460. The van der Waals surface area contributed by atoms with Crippen LogP contribution in [0.15, 0.2) is 85.1 Å². The van der Waals surface area contributed by atoms with E-state index in [9.17, 15) is 4.79 Å². The normalized spacial score (nSPS) is 14.8. The Morgan fingerprint density at radius 2 is 1.87 bits per heavy atom. The number of alkyl halides is 1. The molecule has 6 nitrogen and oxygen atoms in total. The third kappa shape index (κ3) is 6.24. The second-order valence-corrected chi connectivity index (χ2v) is 10.1. The Hall–Kier alpha value is -3.87. The monoisotopic (exact) mass is 541 g/mol. The van der Waals surface area contributed by atoms with Crippen LogP contribution in [0.5, 0.6) is 11.5 Å². The van der Waals surface area contributed by atoms with Crippen molar-refractivity contribution < 1.29 is 14.3 Å². The number of halogens is 1. The Morgan fingerprint density at radius 1 is 1.08 bits per heavy atom. The fraction of sp³-hybridized carbons (Fsp3) is 0.250. The fourth-order valence-electron chi connectivity index (χ4n) is 4.75. The van der Waals surface area contributed by atoms with E-state index in [0.29, 0.717) is 31.4 Å². The quantitative estimate of drug-likeness (QED) is 0.178. The highest BCUT2D eigenvalue weighted by atomic mass is 35.5. The van der Waals surface area contributed by atoms with Crippen LogP contribution in [0.25, 0.3) is 17.0 Å². The van der Waals surface area contributed by atoms with Gasteiger partial charge in [-0.15, -0.1) is 11.6 Å². The van der Waals surface area contributed by atoms with Gasteiger partial charge in [-0.3, -0.25) is 9.78 Å². The van der Waals surface area contributed by atoms with Gasteiger partial charge < -0.3 is 19.3 Å². The molecule has 1 aromatic heterocycles. The van der Waals surface area contributed by atoms with E-state index in [2.05, 4.69) is 9.88 Å². The van der Waals surface area contributed by atoms with Crippen molar-refractivity contribution in [2.24, 2.45) is 0 Å². The number of carbonyl (C=O) groups excluding carboxylic acids is 1. The van der Waals surface area contributed by atoms with Crippen LogP contribution in [0.2, 0.25) is 0 Å². The Labute approximate surface area is 234 Å². The number of benzene rings is 3. The molecule has 2 heterocycles. The molecule has 0 radical (unpaired) electrons. The molecule has 0 fully saturated rings. The molecule has 4 aromatic rings. The first-order valence-corrected chi connectivity index (χ1v) is 13.6. The lowest BCUT2D eigenvalue weighted by molar-refractivity contribution is -0.114. The van der Waals surface area contributed by atoms with Crippen LogP contribution in [0.1, 0.15) is 22.6 Å². The van der Waals surface area contributed by atoms with Crippen molar-refractivity contribution >= 4 is 40.2 Å². The highest BCUT2D eigenvalue weighted by Crippen LogP contribution is 2.45. The van der Waals surface area contributed by atoms with E-state index in [1.54, 1.807) is 17.2 Å². The zero-order chi connectivity index (χ0) is 27.2. The number of pyridine rings is 1. The molecule has 1 amide bonds. The van der Waals surface area contributed by atoms with E-state index < -0.39 is 0 Å². The molecule has 1 aliphatic rings. The van der Waals surface area contributed by atoms with Gasteiger partial charge in [0, 0.05) is 48.6 Å². The largest absolute Gasteiger partial charge is 0.492 e. The number of fused-ring (bicyclic) bond motifs is 3. The fourth-order valence-corrected chi connectivity index (χ4v) is 5.00. The molecule has 3 aromatic carbocycles. The average Bonchev–Trinajstić information content (AvgIpc) is 3.34. The maximum absolute atomic E-state index is 13.5. The van der Waals surface area contributed by atoms with E-state index in [1.807, 2.05) is 93.0 Å². The summed E-state index contributed by atoms with van der Waals surface area (Å²) in [5.74, 6) is 1.77. The number of hydrogen-bond donors (Lipinski definition) is 0. The van der Waals surface area contributed by atoms with Gasteiger partial charge in [0.15, 0.2) is 0 Å². The molecule has 1 atom stereocenters. The van der Waals surface area contributed by atoms with E-state index in [1.165, 1.54) is 0 Å². The Kier molecular flexibility index (Phi) is 8.45. The number of anilines is 1. The summed E-state index contributed by atoms with van der Waals surface area (Å²) >= 11 is 6.41. The summed E-state index contributed by atoms with van der Waals surface area (Å²) in [6, 6.07) is 23.6.